The Kier molecular flexibility index (Phi) is 5.52. The number of nitriles is 2. The molecule has 0 aromatic heterocycles. The van der Waals surface area contributed by atoms with Gasteiger partial charge in [0.25, 0.3) is 5.91 Å². The van der Waals surface area contributed by atoms with Crippen LogP contribution in [0.2, 0.25) is 0 Å². The van der Waals surface area contributed by atoms with Gasteiger partial charge in [-0.25, -0.2) is 0 Å². The average Bonchev–Trinajstić information content (AvgIpc) is 2.70. The molecule has 1 amide bonds. The van der Waals surface area contributed by atoms with Gasteiger partial charge < -0.3 is 0 Å². The van der Waals surface area contributed by atoms with E-state index in [1.165, 1.54) is 4.90 Å². The maximum absolute atomic E-state index is 13.3. The molecule has 3 rings (SSSR count). The van der Waals surface area contributed by atoms with E-state index in [-0.39, 0.29) is 5.91 Å². The van der Waals surface area contributed by atoms with Crippen molar-refractivity contribution in [3.63, 3.8) is 0 Å². The second kappa shape index (κ2) is 8.01. The van der Waals surface area contributed by atoms with Gasteiger partial charge in [0.2, 0.25) is 0 Å². The van der Waals surface area contributed by atoms with E-state index in [0.717, 1.165) is 0 Å². The van der Waals surface area contributed by atoms with Crippen LogP contribution in [0.5, 0.6) is 0 Å². The number of benzene rings is 1. The molecule has 4 nitrogen and oxygen atoms in total. The number of carbonyl (C=O) groups is 1. The maximum Gasteiger partial charge on any atom is 0.264 e. The van der Waals surface area contributed by atoms with Gasteiger partial charge in [0, 0.05) is 33.8 Å². The Morgan fingerprint density at radius 3 is 2.33 bits per heavy atom. The number of carbonyl (C=O) groups excluding carboxylic acids is 1. The average molecular weight is 387 g/mol. The number of hydrogen-bond acceptors (Lipinski definition) is 5. The van der Waals surface area contributed by atoms with Crippen molar-refractivity contribution in [2.75, 3.05) is 4.90 Å². The van der Waals surface area contributed by atoms with Crippen molar-refractivity contribution < 1.29 is 4.79 Å². The van der Waals surface area contributed by atoms with Gasteiger partial charge in [0.05, 0.1) is 29.0 Å². The molecule has 0 aliphatic heterocycles. The summed E-state index contributed by atoms with van der Waals surface area (Å²) >= 11 is 10.8. The van der Waals surface area contributed by atoms with Crippen molar-refractivity contribution in [3.8, 4) is 12.1 Å². The highest BCUT2D eigenvalue weighted by molar-refractivity contribution is 7.81. The van der Waals surface area contributed by atoms with Crippen LogP contribution in [0, 0.1) is 22.7 Å². The molecule has 0 radical (unpaired) electrons. The number of hydrogen-bond donors (Lipinski definition) is 0. The standard InChI is InChI=1S/C21H13N3OS2/c22-12-14-5-8-16(9-6-14)24(18-10-7-15(13-23)11-20(18)27)21(25)17-3-1-2-4-19(17)26/h1-3,5-10H,4,11H2. The maximum atomic E-state index is 13.3. The van der Waals surface area contributed by atoms with Gasteiger partial charge in [-0.15, -0.1) is 0 Å². The third-order valence-corrected chi connectivity index (χ3v) is 4.89. The first-order valence-electron chi connectivity index (χ1n) is 8.14. The van der Waals surface area contributed by atoms with E-state index in [0.29, 0.717) is 50.7 Å². The van der Waals surface area contributed by atoms with E-state index in [4.69, 9.17) is 35.0 Å². The minimum absolute atomic E-state index is 0.281. The van der Waals surface area contributed by atoms with Gasteiger partial charge in [-0.3, -0.25) is 9.69 Å². The van der Waals surface area contributed by atoms with Crippen LogP contribution in [0.15, 0.2) is 71.5 Å². The lowest BCUT2D eigenvalue weighted by atomic mass is 9.99. The van der Waals surface area contributed by atoms with Crippen LogP contribution in [0.1, 0.15) is 18.4 Å². The van der Waals surface area contributed by atoms with Crippen LogP contribution in [0.25, 0.3) is 0 Å². The predicted molar refractivity (Wildman–Crippen MR) is 112 cm³/mol. The third-order valence-electron chi connectivity index (χ3n) is 4.15. The zero-order valence-electron chi connectivity index (χ0n) is 14.2. The Balaban J connectivity index is 2.11. The van der Waals surface area contributed by atoms with Crippen molar-refractivity contribution in [1.29, 1.82) is 10.5 Å². The molecular weight excluding hydrogens is 374 g/mol. The Hall–Kier alpha value is -3.19. The van der Waals surface area contributed by atoms with Crippen molar-refractivity contribution in [2.45, 2.75) is 12.8 Å². The monoisotopic (exact) mass is 387 g/mol. The van der Waals surface area contributed by atoms with Gasteiger partial charge in [-0.2, -0.15) is 10.5 Å². The third kappa shape index (κ3) is 3.83. The fourth-order valence-corrected chi connectivity index (χ4v) is 3.34. The SMILES string of the molecule is N#CC1=CC=C(N(C(=O)C2=CC=CCC2=S)c2ccc(C#N)cc2)C(=S)C1. The minimum atomic E-state index is -0.281. The molecule has 0 N–H and O–H groups in total. The van der Waals surface area contributed by atoms with E-state index in [1.807, 2.05) is 6.08 Å². The molecule has 0 heterocycles. The smallest absolute Gasteiger partial charge is 0.264 e. The summed E-state index contributed by atoms with van der Waals surface area (Å²) in [6.45, 7) is 0. The molecular formula is C21H13N3OS2. The van der Waals surface area contributed by atoms with E-state index in [1.54, 1.807) is 48.6 Å². The Morgan fingerprint density at radius 2 is 1.74 bits per heavy atom. The molecule has 0 unspecified atom stereocenters. The Morgan fingerprint density at radius 1 is 1.00 bits per heavy atom. The zero-order chi connectivity index (χ0) is 19.4. The van der Waals surface area contributed by atoms with E-state index in [9.17, 15) is 4.79 Å². The van der Waals surface area contributed by atoms with Crippen molar-refractivity contribution in [1.82, 2.24) is 0 Å². The number of anilines is 1. The first-order valence-corrected chi connectivity index (χ1v) is 8.95. The van der Waals surface area contributed by atoms with Crippen LogP contribution in [-0.4, -0.2) is 15.6 Å². The highest BCUT2D eigenvalue weighted by atomic mass is 32.1. The minimum Gasteiger partial charge on any atom is -0.276 e. The van der Waals surface area contributed by atoms with Gasteiger partial charge in [-0.05, 0) is 42.5 Å². The molecule has 0 fully saturated rings. The van der Waals surface area contributed by atoms with E-state index >= 15 is 0 Å². The summed E-state index contributed by atoms with van der Waals surface area (Å²) in [5, 5.41) is 18.1. The summed E-state index contributed by atoms with van der Waals surface area (Å²) in [5.74, 6) is -0.281. The lowest BCUT2D eigenvalue weighted by molar-refractivity contribution is -0.114. The molecule has 0 spiro atoms. The van der Waals surface area contributed by atoms with E-state index < -0.39 is 0 Å². The summed E-state index contributed by atoms with van der Waals surface area (Å²) in [6, 6.07) is 10.9. The molecule has 1 aromatic rings. The highest BCUT2D eigenvalue weighted by Gasteiger charge is 2.29. The second-order valence-corrected chi connectivity index (χ2v) is 6.88. The Bertz CT molecular complexity index is 1040. The van der Waals surface area contributed by atoms with Crippen LogP contribution in [0.3, 0.4) is 0 Å². The van der Waals surface area contributed by atoms with Gasteiger partial charge in [-0.1, -0.05) is 36.6 Å². The van der Waals surface area contributed by atoms with Crippen molar-refractivity contribution in [3.05, 3.63) is 77.1 Å². The summed E-state index contributed by atoms with van der Waals surface area (Å²) < 4.78 is 0. The number of allylic oxidation sites excluding steroid dienone is 7. The number of nitrogens with zero attached hydrogens (tertiary/aromatic N) is 3. The highest BCUT2D eigenvalue weighted by Crippen LogP contribution is 2.28. The molecule has 0 bridgehead atoms. The van der Waals surface area contributed by atoms with E-state index in [2.05, 4.69) is 12.1 Å². The molecule has 1 aromatic carbocycles. The van der Waals surface area contributed by atoms with Crippen LogP contribution >= 0.6 is 24.4 Å². The molecule has 130 valence electrons. The second-order valence-electron chi connectivity index (χ2n) is 5.89. The summed E-state index contributed by atoms with van der Waals surface area (Å²) in [4.78, 5) is 15.9. The van der Waals surface area contributed by atoms with Crippen LogP contribution in [0.4, 0.5) is 5.69 Å². The summed E-state index contributed by atoms with van der Waals surface area (Å²) in [7, 11) is 0. The number of rotatable bonds is 3. The van der Waals surface area contributed by atoms with Gasteiger partial charge in [0.15, 0.2) is 0 Å². The molecule has 0 atom stereocenters. The predicted octanol–water partition coefficient (Wildman–Crippen LogP) is 4.25. The first kappa shape index (κ1) is 18.6. The quantitative estimate of drug-likeness (QED) is 0.725. The molecule has 0 saturated heterocycles. The summed E-state index contributed by atoms with van der Waals surface area (Å²) in [6.07, 6.45) is 9.61. The topological polar surface area (TPSA) is 67.9 Å². The molecule has 2 aliphatic carbocycles. The first-order chi connectivity index (χ1) is 13.0. The van der Waals surface area contributed by atoms with Crippen LogP contribution < -0.4 is 4.90 Å². The molecule has 27 heavy (non-hydrogen) atoms. The van der Waals surface area contributed by atoms with Gasteiger partial charge >= 0.3 is 0 Å². The normalized spacial score (nSPS) is 15.9. The molecule has 2 aliphatic rings. The van der Waals surface area contributed by atoms with Crippen molar-refractivity contribution in [2.24, 2.45) is 0 Å². The lowest BCUT2D eigenvalue weighted by Crippen LogP contribution is -2.37. The Labute approximate surface area is 168 Å². The fourth-order valence-electron chi connectivity index (χ4n) is 2.77. The lowest BCUT2D eigenvalue weighted by Gasteiger charge is -2.29. The summed E-state index contributed by atoms with van der Waals surface area (Å²) in [5.41, 5.74) is 2.60. The van der Waals surface area contributed by atoms with Gasteiger partial charge in [0.1, 0.15) is 0 Å². The molecule has 0 saturated carbocycles. The number of thiocarbonyl (C=S) groups is 2. The fraction of sp³-hybridized carbons (Fsp3) is 0.0952. The van der Waals surface area contributed by atoms with Crippen molar-refractivity contribution >= 4 is 45.8 Å². The number of amides is 1. The van der Waals surface area contributed by atoms with Crippen LogP contribution in [-0.2, 0) is 4.79 Å². The largest absolute Gasteiger partial charge is 0.276 e. The zero-order valence-corrected chi connectivity index (χ0v) is 15.8. The molecule has 6 heteroatoms.